The van der Waals surface area contributed by atoms with Crippen molar-refractivity contribution in [1.29, 1.82) is 0 Å². The Balaban J connectivity index is 1.45. The fourth-order valence-corrected chi connectivity index (χ4v) is 3.42. The summed E-state index contributed by atoms with van der Waals surface area (Å²) in [6.07, 6.45) is 3.21. The van der Waals surface area contributed by atoms with E-state index >= 15 is 0 Å². The third-order valence-corrected chi connectivity index (χ3v) is 4.69. The number of benzene rings is 1. The molecule has 1 aromatic heterocycles. The number of hydrogen-bond donors (Lipinski definition) is 1. The molecule has 0 unspecified atom stereocenters. The number of nitrogens with zero attached hydrogens (tertiary/aromatic N) is 3. The van der Waals surface area contributed by atoms with E-state index in [9.17, 15) is 9.59 Å². The van der Waals surface area contributed by atoms with Crippen LogP contribution in [0.1, 0.15) is 11.3 Å². The molecule has 0 spiro atoms. The van der Waals surface area contributed by atoms with Gasteiger partial charge in [-0.3, -0.25) is 14.5 Å². The number of aromatic nitrogens is 1. The van der Waals surface area contributed by atoms with Gasteiger partial charge in [-0.2, -0.15) is 0 Å². The summed E-state index contributed by atoms with van der Waals surface area (Å²) in [6.45, 7) is 4.34. The highest BCUT2D eigenvalue weighted by Crippen LogP contribution is 2.20. The van der Waals surface area contributed by atoms with E-state index in [-0.39, 0.29) is 18.4 Å². The van der Waals surface area contributed by atoms with Crippen LogP contribution in [0.5, 0.6) is 0 Å². The highest BCUT2D eigenvalue weighted by atomic mass is 35.5. The predicted octanol–water partition coefficient (Wildman–Crippen LogP) is 3.09. The van der Waals surface area contributed by atoms with Gasteiger partial charge in [0.15, 0.2) is 5.82 Å². The summed E-state index contributed by atoms with van der Waals surface area (Å²) in [4.78, 5) is 28.2. The van der Waals surface area contributed by atoms with Crippen molar-refractivity contribution in [2.45, 2.75) is 6.92 Å². The number of amides is 2. The maximum absolute atomic E-state index is 12.4. The number of rotatable bonds is 5. The molecule has 0 saturated carbocycles. The van der Waals surface area contributed by atoms with E-state index in [1.807, 2.05) is 4.90 Å². The van der Waals surface area contributed by atoms with Gasteiger partial charge in [0.25, 0.3) is 0 Å². The average molecular weight is 423 g/mol. The van der Waals surface area contributed by atoms with Crippen molar-refractivity contribution in [1.82, 2.24) is 15.0 Å². The molecule has 1 fully saturated rings. The van der Waals surface area contributed by atoms with Crippen molar-refractivity contribution in [2.24, 2.45) is 0 Å². The maximum atomic E-state index is 12.4. The van der Waals surface area contributed by atoms with E-state index in [4.69, 9.17) is 27.7 Å². The Morgan fingerprint density at radius 3 is 2.43 bits per heavy atom. The summed E-state index contributed by atoms with van der Waals surface area (Å²) in [7, 11) is 0. The van der Waals surface area contributed by atoms with E-state index in [1.165, 1.54) is 6.08 Å². The minimum absolute atomic E-state index is 0.0849. The summed E-state index contributed by atoms with van der Waals surface area (Å²) in [5, 5.41) is 7.47. The fraction of sp³-hybridized carbons (Fsp3) is 0.316. The normalized spacial score (nSPS) is 15.2. The zero-order chi connectivity index (χ0) is 20.1. The van der Waals surface area contributed by atoms with Crippen molar-refractivity contribution < 1.29 is 14.1 Å². The summed E-state index contributed by atoms with van der Waals surface area (Å²) in [6, 6.07) is 6.78. The molecule has 2 aromatic rings. The van der Waals surface area contributed by atoms with Gasteiger partial charge in [0.2, 0.25) is 11.8 Å². The minimum atomic E-state index is -0.161. The molecular formula is C19H20Cl2N4O3. The number of carbonyl (C=O) groups excluding carboxylic acids is 2. The number of piperazine rings is 1. The van der Waals surface area contributed by atoms with Crippen LogP contribution in [0.3, 0.4) is 0 Å². The van der Waals surface area contributed by atoms with Crippen molar-refractivity contribution in [3.8, 4) is 0 Å². The van der Waals surface area contributed by atoms with Crippen LogP contribution >= 0.6 is 23.2 Å². The van der Waals surface area contributed by atoms with E-state index in [2.05, 4.69) is 10.5 Å². The summed E-state index contributed by atoms with van der Waals surface area (Å²) >= 11 is 11.9. The standard InChI is InChI=1S/C19H20Cl2N4O3/c1-13-8-17(23-28-13)22-18(26)12-24-4-6-25(7-5-24)19(27)3-2-14-9-15(20)11-16(21)10-14/h2-3,8-11H,4-7,12H2,1H3,(H,22,23,26)/b3-2+. The van der Waals surface area contributed by atoms with Gasteiger partial charge in [-0.05, 0) is 36.8 Å². The van der Waals surface area contributed by atoms with E-state index in [0.29, 0.717) is 47.8 Å². The molecule has 1 saturated heterocycles. The van der Waals surface area contributed by atoms with Crippen molar-refractivity contribution in [3.05, 3.63) is 51.7 Å². The Bertz CT molecular complexity index is 869. The van der Waals surface area contributed by atoms with E-state index in [0.717, 1.165) is 5.56 Å². The molecule has 2 heterocycles. The summed E-state index contributed by atoms with van der Waals surface area (Å²) in [5.74, 6) is 0.794. The van der Waals surface area contributed by atoms with Crippen LogP contribution in [0, 0.1) is 6.92 Å². The first-order valence-corrected chi connectivity index (χ1v) is 9.53. The van der Waals surface area contributed by atoms with Crippen LogP contribution in [0.4, 0.5) is 5.82 Å². The predicted molar refractivity (Wildman–Crippen MR) is 108 cm³/mol. The molecule has 0 radical (unpaired) electrons. The van der Waals surface area contributed by atoms with E-state index in [1.54, 1.807) is 42.2 Å². The zero-order valence-corrected chi connectivity index (χ0v) is 16.8. The number of halogens is 2. The first kappa shape index (κ1) is 20.4. The zero-order valence-electron chi connectivity index (χ0n) is 15.3. The van der Waals surface area contributed by atoms with Crippen LogP contribution in [0.25, 0.3) is 6.08 Å². The van der Waals surface area contributed by atoms with Gasteiger partial charge in [-0.25, -0.2) is 0 Å². The molecule has 7 nitrogen and oxygen atoms in total. The monoisotopic (exact) mass is 422 g/mol. The van der Waals surface area contributed by atoms with Crippen molar-refractivity contribution >= 4 is 46.9 Å². The largest absolute Gasteiger partial charge is 0.360 e. The van der Waals surface area contributed by atoms with Crippen molar-refractivity contribution in [3.63, 3.8) is 0 Å². The molecule has 1 aliphatic rings. The fourth-order valence-electron chi connectivity index (χ4n) is 2.88. The smallest absolute Gasteiger partial charge is 0.246 e. The second-order valence-electron chi connectivity index (χ2n) is 6.51. The molecule has 1 aliphatic heterocycles. The van der Waals surface area contributed by atoms with Crippen LogP contribution in [-0.4, -0.2) is 59.5 Å². The molecule has 1 N–H and O–H groups in total. The average Bonchev–Trinajstić information content (AvgIpc) is 3.04. The quantitative estimate of drug-likeness (QED) is 0.748. The lowest BCUT2D eigenvalue weighted by atomic mass is 10.2. The number of hydrogen-bond acceptors (Lipinski definition) is 5. The Morgan fingerprint density at radius 2 is 1.82 bits per heavy atom. The van der Waals surface area contributed by atoms with Gasteiger partial charge >= 0.3 is 0 Å². The maximum Gasteiger partial charge on any atom is 0.246 e. The molecule has 3 rings (SSSR count). The van der Waals surface area contributed by atoms with Gasteiger partial charge in [0, 0.05) is 48.4 Å². The molecule has 148 valence electrons. The molecule has 28 heavy (non-hydrogen) atoms. The second kappa shape index (κ2) is 9.23. The Hall–Kier alpha value is -2.35. The van der Waals surface area contributed by atoms with Gasteiger partial charge in [-0.1, -0.05) is 28.4 Å². The molecule has 1 aromatic carbocycles. The summed E-state index contributed by atoms with van der Waals surface area (Å²) < 4.78 is 4.92. The van der Waals surface area contributed by atoms with Gasteiger partial charge < -0.3 is 14.7 Å². The Kier molecular flexibility index (Phi) is 6.72. The molecule has 9 heteroatoms. The van der Waals surface area contributed by atoms with Gasteiger partial charge in [0.05, 0.1) is 6.54 Å². The molecular weight excluding hydrogens is 403 g/mol. The molecule has 0 bridgehead atoms. The van der Waals surface area contributed by atoms with Crippen LogP contribution < -0.4 is 5.32 Å². The number of anilines is 1. The molecule has 0 atom stereocenters. The van der Waals surface area contributed by atoms with Crippen LogP contribution in [0.2, 0.25) is 10.0 Å². The Labute approximate surface area is 172 Å². The number of carbonyl (C=O) groups is 2. The summed E-state index contributed by atoms with van der Waals surface area (Å²) in [5.41, 5.74) is 0.768. The lowest BCUT2D eigenvalue weighted by Gasteiger charge is -2.33. The topological polar surface area (TPSA) is 78.7 Å². The highest BCUT2D eigenvalue weighted by Gasteiger charge is 2.21. The first-order chi connectivity index (χ1) is 13.4. The lowest BCUT2D eigenvalue weighted by molar-refractivity contribution is -0.127. The third-order valence-electron chi connectivity index (χ3n) is 4.25. The minimum Gasteiger partial charge on any atom is -0.360 e. The van der Waals surface area contributed by atoms with Crippen molar-refractivity contribution in [2.75, 3.05) is 38.0 Å². The van der Waals surface area contributed by atoms with Crippen LogP contribution in [0.15, 0.2) is 34.9 Å². The molecule has 0 aliphatic carbocycles. The third kappa shape index (κ3) is 5.82. The molecule has 2 amide bonds. The SMILES string of the molecule is Cc1cc(NC(=O)CN2CCN(C(=O)/C=C/c3cc(Cl)cc(Cl)c3)CC2)no1. The Morgan fingerprint density at radius 1 is 1.14 bits per heavy atom. The lowest BCUT2D eigenvalue weighted by Crippen LogP contribution is -2.50. The van der Waals surface area contributed by atoms with E-state index < -0.39 is 0 Å². The highest BCUT2D eigenvalue weighted by molar-refractivity contribution is 6.34. The van der Waals surface area contributed by atoms with Crippen LogP contribution in [-0.2, 0) is 9.59 Å². The second-order valence-corrected chi connectivity index (χ2v) is 7.38. The number of nitrogens with one attached hydrogen (secondary N) is 1. The van der Waals surface area contributed by atoms with Gasteiger partial charge in [-0.15, -0.1) is 0 Å². The van der Waals surface area contributed by atoms with Gasteiger partial charge in [0.1, 0.15) is 5.76 Å². The number of aryl methyl sites for hydroxylation is 1. The first-order valence-electron chi connectivity index (χ1n) is 8.77.